The van der Waals surface area contributed by atoms with Gasteiger partial charge in [-0.2, -0.15) is 0 Å². The van der Waals surface area contributed by atoms with Crippen LogP contribution in [-0.4, -0.2) is 46.4 Å². The molecule has 0 bridgehead atoms. The summed E-state index contributed by atoms with van der Waals surface area (Å²) in [7, 11) is -2.20. The molecule has 160 valence electrons. The first kappa shape index (κ1) is 25.1. The van der Waals surface area contributed by atoms with Crippen molar-refractivity contribution in [2.24, 2.45) is 4.99 Å². The minimum Gasteiger partial charge on any atom is -0.489 e. The number of aliphatic imine (C=N–C) groups is 1. The highest BCUT2D eigenvalue weighted by Crippen LogP contribution is 2.15. The van der Waals surface area contributed by atoms with Gasteiger partial charge in [-0.3, -0.25) is 4.99 Å². The summed E-state index contributed by atoms with van der Waals surface area (Å²) in [5.41, 5.74) is 0. The number of ether oxygens (including phenoxy) is 1. The van der Waals surface area contributed by atoms with E-state index in [0.717, 1.165) is 6.07 Å². The summed E-state index contributed by atoms with van der Waals surface area (Å²) in [6, 6.07) is 11.0. The molecule has 6 nitrogen and oxygen atoms in total. The summed E-state index contributed by atoms with van der Waals surface area (Å²) in [6.07, 6.45) is -0.244. The second kappa shape index (κ2) is 11.9. The maximum Gasteiger partial charge on any atom is 0.191 e. The minimum atomic E-state index is -3.75. The van der Waals surface area contributed by atoms with E-state index >= 15 is 0 Å². The van der Waals surface area contributed by atoms with Gasteiger partial charge in [-0.05, 0) is 43.3 Å². The Balaban J connectivity index is 0.00000420. The van der Waals surface area contributed by atoms with Crippen LogP contribution in [-0.2, 0) is 9.84 Å². The van der Waals surface area contributed by atoms with Crippen molar-refractivity contribution in [3.63, 3.8) is 0 Å². The van der Waals surface area contributed by atoms with Crippen LogP contribution in [0.15, 0.2) is 58.4 Å². The third kappa shape index (κ3) is 8.13. The van der Waals surface area contributed by atoms with Crippen LogP contribution in [0.2, 0.25) is 0 Å². The number of sulfone groups is 1. The highest BCUT2D eigenvalue weighted by Gasteiger charge is 2.18. The average Bonchev–Trinajstić information content (AvgIpc) is 2.66. The van der Waals surface area contributed by atoms with E-state index in [2.05, 4.69) is 15.6 Å². The van der Waals surface area contributed by atoms with Gasteiger partial charge in [0.15, 0.2) is 15.8 Å². The summed E-state index contributed by atoms with van der Waals surface area (Å²) < 4.78 is 56.7. The second-order valence-electron chi connectivity index (χ2n) is 6.01. The van der Waals surface area contributed by atoms with Gasteiger partial charge < -0.3 is 15.4 Å². The third-order valence-corrected chi connectivity index (χ3v) is 5.51. The molecule has 1 unspecified atom stereocenters. The predicted molar refractivity (Wildman–Crippen MR) is 120 cm³/mol. The van der Waals surface area contributed by atoms with Gasteiger partial charge in [0, 0.05) is 13.6 Å². The van der Waals surface area contributed by atoms with Crippen molar-refractivity contribution in [2.75, 3.05) is 25.9 Å². The zero-order valence-corrected chi connectivity index (χ0v) is 19.2. The Morgan fingerprint density at radius 2 is 1.76 bits per heavy atom. The Labute approximate surface area is 186 Å². The topological polar surface area (TPSA) is 79.8 Å². The predicted octanol–water partition coefficient (Wildman–Crippen LogP) is 2.99. The molecular weight excluding hydrogens is 515 g/mol. The van der Waals surface area contributed by atoms with E-state index in [1.807, 2.05) is 6.92 Å². The smallest absolute Gasteiger partial charge is 0.191 e. The van der Waals surface area contributed by atoms with E-state index in [-0.39, 0.29) is 53.1 Å². The molecule has 0 saturated heterocycles. The highest BCUT2D eigenvalue weighted by atomic mass is 127. The van der Waals surface area contributed by atoms with Crippen molar-refractivity contribution >= 4 is 39.8 Å². The fourth-order valence-corrected chi connectivity index (χ4v) is 3.60. The molecule has 29 heavy (non-hydrogen) atoms. The molecular formula is C19H24F2IN3O3S. The zero-order valence-electron chi connectivity index (χ0n) is 16.1. The molecule has 0 aliphatic heterocycles. The van der Waals surface area contributed by atoms with Gasteiger partial charge in [-0.1, -0.05) is 12.1 Å². The van der Waals surface area contributed by atoms with Gasteiger partial charge >= 0.3 is 0 Å². The zero-order chi connectivity index (χ0) is 20.6. The molecule has 0 fully saturated rings. The molecule has 0 amide bonds. The number of nitrogens with zero attached hydrogens (tertiary/aromatic N) is 1. The maximum atomic E-state index is 13.7. The monoisotopic (exact) mass is 539 g/mol. The van der Waals surface area contributed by atoms with Crippen molar-refractivity contribution in [1.82, 2.24) is 10.6 Å². The maximum absolute atomic E-state index is 13.7. The number of halogens is 3. The molecule has 0 spiro atoms. The molecule has 0 aromatic heterocycles. The first-order chi connectivity index (χ1) is 13.3. The van der Waals surface area contributed by atoms with Crippen LogP contribution in [0.25, 0.3) is 0 Å². The highest BCUT2D eigenvalue weighted by molar-refractivity contribution is 14.0. The molecule has 1 atom stereocenters. The van der Waals surface area contributed by atoms with E-state index in [1.165, 1.54) is 42.5 Å². The van der Waals surface area contributed by atoms with Crippen LogP contribution in [0, 0.1) is 11.6 Å². The van der Waals surface area contributed by atoms with E-state index in [4.69, 9.17) is 4.74 Å². The SMILES string of the molecule is CN=C(NCCS(=O)(=O)c1ccccc1F)NCC(C)Oc1ccc(F)cc1.I. The summed E-state index contributed by atoms with van der Waals surface area (Å²) in [6.45, 7) is 2.27. The first-order valence-electron chi connectivity index (χ1n) is 8.66. The van der Waals surface area contributed by atoms with E-state index in [1.54, 1.807) is 7.05 Å². The Bertz CT molecular complexity index is 909. The van der Waals surface area contributed by atoms with Gasteiger partial charge in [0.2, 0.25) is 0 Å². The Hall–Kier alpha value is -1.95. The Kier molecular flexibility index (Phi) is 10.3. The van der Waals surface area contributed by atoms with E-state index < -0.39 is 15.7 Å². The van der Waals surface area contributed by atoms with Crippen LogP contribution >= 0.6 is 24.0 Å². The normalized spacial score (nSPS) is 12.6. The second-order valence-corrected chi connectivity index (χ2v) is 8.09. The summed E-state index contributed by atoms with van der Waals surface area (Å²) in [4.78, 5) is 3.69. The molecule has 0 aliphatic rings. The van der Waals surface area contributed by atoms with Crippen molar-refractivity contribution in [1.29, 1.82) is 0 Å². The van der Waals surface area contributed by atoms with E-state index in [9.17, 15) is 17.2 Å². The number of rotatable bonds is 8. The number of guanidine groups is 1. The molecule has 0 radical (unpaired) electrons. The molecule has 2 aromatic carbocycles. The van der Waals surface area contributed by atoms with E-state index in [0.29, 0.717) is 18.3 Å². The van der Waals surface area contributed by atoms with Crippen LogP contribution in [0.5, 0.6) is 5.75 Å². The van der Waals surface area contributed by atoms with Gasteiger partial charge in [0.1, 0.15) is 28.4 Å². The van der Waals surface area contributed by atoms with Crippen LogP contribution < -0.4 is 15.4 Å². The lowest BCUT2D eigenvalue weighted by molar-refractivity contribution is 0.223. The molecule has 10 heteroatoms. The third-order valence-electron chi connectivity index (χ3n) is 3.77. The fraction of sp³-hybridized carbons (Fsp3) is 0.316. The lowest BCUT2D eigenvalue weighted by atomic mass is 10.3. The first-order valence-corrected chi connectivity index (χ1v) is 10.3. The van der Waals surface area contributed by atoms with Crippen molar-refractivity contribution in [3.05, 3.63) is 60.2 Å². The number of nitrogens with one attached hydrogen (secondary N) is 2. The minimum absolute atomic E-state index is 0. The van der Waals surface area contributed by atoms with Crippen LogP contribution in [0.1, 0.15) is 6.92 Å². The summed E-state index contributed by atoms with van der Waals surface area (Å²) in [5, 5.41) is 5.88. The van der Waals surface area contributed by atoms with Crippen molar-refractivity contribution in [2.45, 2.75) is 17.9 Å². The summed E-state index contributed by atoms with van der Waals surface area (Å²) >= 11 is 0. The molecule has 2 rings (SSSR count). The van der Waals surface area contributed by atoms with Crippen LogP contribution in [0.3, 0.4) is 0 Å². The van der Waals surface area contributed by atoms with Crippen LogP contribution in [0.4, 0.5) is 8.78 Å². The Morgan fingerprint density at radius 1 is 1.10 bits per heavy atom. The lowest BCUT2D eigenvalue weighted by Gasteiger charge is -2.17. The molecule has 0 heterocycles. The van der Waals surface area contributed by atoms with Gasteiger partial charge in [-0.25, -0.2) is 17.2 Å². The van der Waals surface area contributed by atoms with Gasteiger partial charge in [0.25, 0.3) is 0 Å². The average molecular weight is 539 g/mol. The quantitative estimate of drug-likeness (QED) is 0.307. The largest absolute Gasteiger partial charge is 0.489 e. The molecule has 2 N–H and O–H groups in total. The molecule has 0 aliphatic carbocycles. The molecule has 2 aromatic rings. The standard InChI is InChI=1S/C19H23F2N3O3S.HI/c1-14(27-16-9-7-15(20)8-10-16)13-24-19(22-2)23-11-12-28(25,26)18-6-4-3-5-17(18)21;/h3-10,14H,11-13H2,1-2H3,(H2,22,23,24);1H. The number of hydrogen-bond acceptors (Lipinski definition) is 4. The van der Waals surface area contributed by atoms with Gasteiger partial charge in [0.05, 0.1) is 12.3 Å². The van der Waals surface area contributed by atoms with Crippen molar-refractivity contribution in [3.8, 4) is 5.75 Å². The Morgan fingerprint density at radius 3 is 2.38 bits per heavy atom. The molecule has 0 saturated carbocycles. The lowest BCUT2D eigenvalue weighted by Crippen LogP contribution is -2.43. The summed E-state index contributed by atoms with van der Waals surface area (Å²) in [5.74, 6) is -0.464. The van der Waals surface area contributed by atoms with Crippen molar-refractivity contribution < 1.29 is 21.9 Å². The fourth-order valence-electron chi connectivity index (χ4n) is 2.36. The van der Waals surface area contributed by atoms with Gasteiger partial charge in [-0.15, -0.1) is 24.0 Å². The number of benzene rings is 2. The number of hydrogen-bond donors (Lipinski definition) is 2.